The van der Waals surface area contributed by atoms with Gasteiger partial charge in [0.25, 0.3) is 0 Å². The number of halogens is 2. The van der Waals surface area contributed by atoms with Crippen molar-refractivity contribution in [3.63, 3.8) is 0 Å². The lowest BCUT2D eigenvalue weighted by atomic mass is 10.2. The van der Waals surface area contributed by atoms with E-state index in [1.165, 1.54) is 11.8 Å². The summed E-state index contributed by atoms with van der Waals surface area (Å²) in [6.45, 7) is 0. The largest absolute Gasteiger partial charge is 0.478 e. The van der Waals surface area contributed by atoms with Gasteiger partial charge in [-0.05, 0) is 56.7 Å². The van der Waals surface area contributed by atoms with Gasteiger partial charge in [-0.3, -0.25) is 0 Å². The fourth-order valence-electron chi connectivity index (χ4n) is 1.59. The van der Waals surface area contributed by atoms with Gasteiger partial charge >= 0.3 is 5.97 Å². The van der Waals surface area contributed by atoms with E-state index < -0.39 is 5.97 Å². The lowest BCUT2D eigenvalue weighted by molar-refractivity contribution is 0.0694. The van der Waals surface area contributed by atoms with Crippen LogP contribution in [0.2, 0.25) is 0 Å². The lowest BCUT2D eigenvalue weighted by Crippen LogP contribution is -2.06. The normalized spacial score (nSPS) is 10.7. The molecule has 1 aromatic carbocycles. The molecular weight excluding hydrogens is 389 g/mol. The summed E-state index contributed by atoms with van der Waals surface area (Å²) < 4.78 is 2.85. The van der Waals surface area contributed by atoms with Crippen LogP contribution in [0.5, 0.6) is 0 Å². The Morgan fingerprint density at radius 1 is 1.56 bits per heavy atom. The van der Waals surface area contributed by atoms with Crippen molar-refractivity contribution in [2.75, 3.05) is 7.11 Å². The first-order valence-electron chi connectivity index (χ1n) is 4.33. The Morgan fingerprint density at radius 3 is 2.81 bits per heavy atom. The summed E-state index contributed by atoms with van der Waals surface area (Å²) in [7, 11) is 1.49. The van der Waals surface area contributed by atoms with E-state index in [2.05, 4.69) is 38.5 Å². The van der Waals surface area contributed by atoms with Crippen LogP contribution in [-0.2, 0) is 0 Å². The van der Waals surface area contributed by atoms with Crippen molar-refractivity contribution in [1.29, 1.82) is 0 Å². The highest BCUT2D eigenvalue weighted by Crippen LogP contribution is 2.30. The first-order valence-corrected chi connectivity index (χ1v) is 6.20. The van der Waals surface area contributed by atoms with Crippen LogP contribution in [-0.4, -0.2) is 22.9 Å². The van der Waals surface area contributed by atoms with Gasteiger partial charge in [-0.2, -0.15) is 4.73 Å². The number of carbonyl (C=O) groups is 1. The Labute approximate surface area is 113 Å². The summed E-state index contributed by atoms with van der Waals surface area (Å²) in [4.78, 5) is 16.3. The minimum absolute atomic E-state index is 0.218. The lowest BCUT2D eigenvalue weighted by Gasteiger charge is -2.03. The van der Waals surface area contributed by atoms with Crippen molar-refractivity contribution in [2.45, 2.75) is 0 Å². The molecular formula is C10H7BrINO3. The van der Waals surface area contributed by atoms with Gasteiger partial charge in [0.1, 0.15) is 17.3 Å². The molecule has 1 heterocycles. The predicted octanol–water partition coefficient (Wildman–Crippen LogP) is 2.77. The van der Waals surface area contributed by atoms with E-state index in [1.54, 1.807) is 0 Å². The highest BCUT2D eigenvalue weighted by molar-refractivity contribution is 14.1. The van der Waals surface area contributed by atoms with Crippen LogP contribution >= 0.6 is 38.5 Å². The summed E-state index contributed by atoms with van der Waals surface area (Å²) in [6, 6.07) is 5.55. The van der Waals surface area contributed by atoms with Gasteiger partial charge in [-0.15, -0.1) is 0 Å². The van der Waals surface area contributed by atoms with E-state index in [0.717, 1.165) is 9.09 Å². The Morgan fingerprint density at radius 2 is 2.25 bits per heavy atom. The van der Waals surface area contributed by atoms with Gasteiger partial charge in [0, 0.05) is 8.96 Å². The zero-order valence-corrected chi connectivity index (χ0v) is 11.9. The molecule has 0 radical (unpaired) electrons. The van der Waals surface area contributed by atoms with E-state index in [0.29, 0.717) is 9.99 Å². The van der Waals surface area contributed by atoms with E-state index in [-0.39, 0.29) is 5.56 Å². The summed E-state index contributed by atoms with van der Waals surface area (Å²) >= 11 is 5.38. The van der Waals surface area contributed by atoms with Crippen molar-refractivity contribution in [3.05, 3.63) is 31.9 Å². The smallest absolute Gasteiger partial charge is 0.339 e. The molecule has 0 fully saturated rings. The molecule has 0 spiro atoms. The average Bonchev–Trinajstić information content (AvgIpc) is 2.48. The van der Waals surface area contributed by atoms with Crippen molar-refractivity contribution in [1.82, 2.24) is 4.73 Å². The quantitative estimate of drug-likeness (QED) is 0.795. The Kier molecular flexibility index (Phi) is 3.11. The first-order chi connectivity index (χ1) is 7.56. The number of carboxylic acids is 1. The van der Waals surface area contributed by atoms with Gasteiger partial charge in [0.15, 0.2) is 0 Å². The van der Waals surface area contributed by atoms with Crippen molar-refractivity contribution in [3.8, 4) is 0 Å². The molecule has 16 heavy (non-hydrogen) atoms. The molecule has 0 aliphatic heterocycles. The SMILES string of the molecule is COn1c(Br)c(C(=O)O)c2cc(I)ccc21. The molecule has 0 unspecified atom stereocenters. The second-order valence-electron chi connectivity index (χ2n) is 3.11. The molecule has 6 heteroatoms. The summed E-state index contributed by atoms with van der Waals surface area (Å²) in [5.41, 5.74) is 0.947. The van der Waals surface area contributed by atoms with Crippen LogP contribution in [0, 0.1) is 3.57 Å². The number of carboxylic acid groups (broad SMARTS) is 1. The van der Waals surface area contributed by atoms with E-state index in [1.807, 2.05) is 18.2 Å². The number of hydrogen-bond acceptors (Lipinski definition) is 2. The second-order valence-corrected chi connectivity index (χ2v) is 5.11. The fourth-order valence-corrected chi connectivity index (χ4v) is 2.80. The second kappa shape index (κ2) is 4.25. The van der Waals surface area contributed by atoms with Crippen LogP contribution in [0.1, 0.15) is 10.4 Å². The Bertz CT molecular complexity index is 579. The van der Waals surface area contributed by atoms with E-state index >= 15 is 0 Å². The number of hydrogen-bond donors (Lipinski definition) is 1. The number of rotatable bonds is 2. The fraction of sp³-hybridized carbons (Fsp3) is 0.100. The number of aromatic nitrogens is 1. The molecule has 0 saturated carbocycles. The van der Waals surface area contributed by atoms with Gasteiger partial charge in [0.2, 0.25) is 0 Å². The minimum atomic E-state index is -0.977. The maximum absolute atomic E-state index is 11.2. The standard InChI is InChI=1S/C10H7BrINO3/c1-16-13-7-3-2-5(12)4-6(7)8(9(13)11)10(14)15/h2-4H,1H3,(H,14,15). The monoisotopic (exact) mass is 395 g/mol. The molecule has 4 nitrogen and oxygen atoms in total. The minimum Gasteiger partial charge on any atom is -0.478 e. The van der Waals surface area contributed by atoms with Crippen molar-refractivity contribution >= 4 is 55.4 Å². The van der Waals surface area contributed by atoms with Crippen molar-refractivity contribution < 1.29 is 14.7 Å². The molecule has 2 rings (SSSR count). The third-order valence-corrected chi connectivity index (χ3v) is 3.62. The highest BCUT2D eigenvalue weighted by atomic mass is 127. The number of nitrogens with zero attached hydrogens (tertiary/aromatic N) is 1. The van der Waals surface area contributed by atoms with Gasteiger partial charge < -0.3 is 9.94 Å². The van der Waals surface area contributed by atoms with Crippen LogP contribution in [0.4, 0.5) is 0 Å². The molecule has 1 N–H and O–H groups in total. The zero-order valence-electron chi connectivity index (χ0n) is 8.20. The molecule has 84 valence electrons. The van der Waals surface area contributed by atoms with Gasteiger partial charge in [-0.1, -0.05) is 0 Å². The molecule has 1 aromatic heterocycles. The molecule has 0 amide bonds. The molecule has 0 aliphatic rings. The van der Waals surface area contributed by atoms with Crippen LogP contribution in [0.15, 0.2) is 22.8 Å². The third-order valence-electron chi connectivity index (χ3n) is 2.23. The summed E-state index contributed by atoms with van der Waals surface area (Å²) in [5.74, 6) is -0.977. The number of fused-ring (bicyclic) bond motifs is 1. The van der Waals surface area contributed by atoms with Crippen LogP contribution < -0.4 is 4.84 Å². The Hall–Kier alpha value is -0.760. The molecule has 0 saturated heterocycles. The molecule has 0 atom stereocenters. The zero-order chi connectivity index (χ0) is 11.9. The molecule has 2 aromatic rings. The number of benzene rings is 1. The third kappa shape index (κ3) is 1.69. The van der Waals surface area contributed by atoms with Crippen LogP contribution in [0.25, 0.3) is 10.9 Å². The maximum Gasteiger partial charge on any atom is 0.339 e. The summed E-state index contributed by atoms with van der Waals surface area (Å²) in [5, 5.41) is 9.82. The first kappa shape index (κ1) is 11.7. The average molecular weight is 396 g/mol. The van der Waals surface area contributed by atoms with Gasteiger partial charge in [0.05, 0.1) is 5.52 Å². The van der Waals surface area contributed by atoms with Crippen LogP contribution in [0.3, 0.4) is 0 Å². The molecule has 0 bridgehead atoms. The highest BCUT2D eigenvalue weighted by Gasteiger charge is 2.21. The number of aromatic carboxylic acids is 1. The Balaban J connectivity index is 2.92. The van der Waals surface area contributed by atoms with E-state index in [9.17, 15) is 4.79 Å². The topological polar surface area (TPSA) is 51.5 Å². The van der Waals surface area contributed by atoms with Crippen molar-refractivity contribution in [2.24, 2.45) is 0 Å². The molecule has 0 aliphatic carbocycles. The maximum atomic E-state index is 11.2. The van der Waals surface area contributed by atoms with Gasteiger partial charge in [-0.25, -0.2) is 4.79 Å². The predicted molar refractivity (Wildman–Crippen MR) is 71.8 cm³/mol. The summed E-state index contributed by atoms with van der Waals surface area (Å²) in [6.07, 6.45) is 0. The van der Waals surface area contributed by atoms with E-state index in [4.69, 9.17) is 9.94 Å².